The van der Waals surface area contributed by atoms with Gasteiger partial charge >= 0.3 is 0 Å². The molecule has 8 heteroatoms. The fraction of sp³-hybridized carbons (Fsp3) is 0.375. The quantitative estimate of drug-likeness (QED) is 0.684. The third-order valence-corrected chi connectivity index (χ3v) is 4.15. The Balaban J connectivity index is 2.10. The summed E-state index contributed by atoms with van der Waals surface area (Å²) in [5, 5.41) is 12.5. The normalized spacial score (nSPS) is 13.8. The minimum Gasteiger partial charge on any atom is -0.491 e. The summed E-state index contributed by atoms with van der Waals surface area (Å²) >= 11 is 6.06. The molecule has 0 spiro atoms. The third-order valence-electron chi connectivity index (χ3n) is 3.91. The first-order valence-electron chi connectivity index (χ1n) is 7.68. The molecule has 0 atom stereocenters. The second-order valence-electron chi connectivity index (χ2n) is 5.76. The van der Waals surface area contributed by atoms with E-state index in [0.717, 1.165) is 11.9 Å². The molecular weight excluding hydrogens is 328 g/mol. The lowest BCUT2D eigenvalue weighted by Gasteiger charge is -2.23. The molecule has 0 unspecified atom stereocenters. The van der Waals surface area contributed by atoms with Gasteiger partial charge in [-0.3, -0.25) is 5.41 Å². The molecule has 0 bridgehead atoms. The number of benzene rings is 1. The van der Waals surface area contributed by atoms with Gasteiger partial charge in [0.25, 0.3) is 0 Å². The van der Waals surface area contributed by atoms with Gasteiger partial charge in [0.15, 0.2) is 11.7 Å². The molecule has 3 rings (SSSR count). The summed E-state index contributed by atoms with van der Waals surface area (Å²) in [5.41, 5.74) is 0.844. The van der Waals surface area contributed by atoms with Gasteiger partial charge in [-0.25, -0.2) is 14.7 Å². The lowest BCUT2D eigenvalue weighted by Crippen LogP contribution is -2.34. The van der Waals surface area contributed by atoms with Crippen molar-refractivity contribution in [2.75, 3.05) is 13.7 Å². The summed E-state index contributed by atoms with van der Waals surface area (Å²) in [6, 6.07) is 5.68. The molecule has 1 aliphatic heterocycles. The van der Waals surface area contributed by atoms with Crippen molar-refractivity contribution in [2.24, 2.45) is 4.99 Å². The maximum atomic E-state index is 7.32. The zero-order valence-electron chi connectivity index (χ0n) is 13.8. The van der Waals surface area contributed by atoms with Crippen molar-refractivity contribution < 1.29 is 4.74 Å². The fourth-order valence-electron chi connectivity index (χ4n) is 2.45. The summed E-state index contributed by atoms with van der Waals surface area (Å²) in [5.74, 6) is 2.47. The van der Waals surface area contributed by atoms with E-state index in [1.54, 1.807) is 12.1 Å². The Hall–Kier alpha value is -2.41. The Kier molecular flexibility index (Phi) is 4.53. The first kappa shape index (κ1) is 16.4. The Morgan fingerprint density at radius 1 is 1.50 bits per heavy atom. The van der Waals surface area contributed by atoms with Gasteiger partial charge < -0.3 is 9.64 Å². The van der Waals surface area contributed by atoms with Gasteiger partial charge in [-0.1, -0.05) is 11.6 Å². The van der Waals surface area contributed by atoms with Crippen LogP contribution in [0.4, 0.5) is 0 Å². The van der Waals surface area contributed by atoms with Crippen LogP contribution >= 0.6 is 11.6 Å². The minimum atomic E-state index is 0.210. The van der Waals surface area contributed by atoms with Gasteiger partial charge in [0.2, 0.25) is 5.82 Å². The lowest BCUT2D eigenvalue weighted by atomic mass is 10.2. The largest absolute Gasteiger partial charge is 0.491 e. The Morgan fingerprint density at radius 3 is 3.00 bits per heavy atom. The minimum absolute atomic E-state index is 0.210. The van der Waals surface area contributed by atoms with Gasteiger partial charge in [-0.2, -0.15) is 0 Å². The van der Waals surface area contributed by atoms with Crippen LogP contribution in [0.5, 0.6) is 5.75 Å². The van der Waals surface area contributed by atoms with E-state index in [4.69, 9.17) is 21.7 Å². The van der Waals surface area contributed by atoms with Crippen LogP contribution in [-0.4, -0.2) is 51.5 Å². The molecule has 0 saturated carbocycles. The van der Waals surface area contributed by atoms with E-state index in [-0.39, 0.29) is 6.04 Å². The highest BCUT2D eigenvalue weighted by Crippen LogP contribution is 2.33. The fourth-order valence-corrected chi connectivity index (χ4v) is 2.61. The molecular formula is C16H19ClN6O. The van der Waals surface area contributed by atoms with Crippen molar-refractivity contribution in [1.29, 1.82) is 5.41 Å². The van der Waals surface area contributed by atoms with Crippen molar-refractivity contribution in [3.8, 4) is 17.1 Å². The molecule has 0 aliphatic carbocycles. The number of hydrogen-bond donors (Lipinski definition) is 1. The number of amidine groups is 1. The molecule has 0 fully saturated rings. The van der Waals surface area contributed by atoms with Crippen molar-refractivity contribution in [3.63, 3.8) is 0 Å². The van der Waals surface area contributed by atoms with Crippen molar-refractivity contribution in [3.05, 3.63) is 29.0 Å². The standard InChI is InChI=1S/C16H19ClN6O/c1-10(2)22(3)16(19-9-18)14-20-15-12-5-4-11(17)8-13(12)24-7-6-23(15)21-14/h4-5,8-10,18H,6-7H2,1-3H3. The zero-order valence-corrected chi connectivity index (χ0v) is 14.6. The van der Waals surface area contributed by atoms with Crippen LogP contribution in [-0.2, 0) is 6.54 Å². The van der Waals surface area contributed by atoms with Gasteiger partial charge in [0.1, 0.15) is 18.7 Å². The molecule has 0 amide bonds. The second-order valence-corrected chi connectivity index (χ2v) is 6.19. The average Bonchev–Trinajstić information content (AvgIpc) is 2.88. The molecule has 2 heterocycles. The van der Waals surface area contributed by atoms with E-state index in [1.165, 1.54) is 0 Å². The van der Waals surface area contributed by atoms with Gasteiger partial charge in [-0.15, -0.1) is 5.10 Å². The molecule has 126 valence electrons. The van der Waals surface area contributed by atoms with Crippen LogP contribution in [0, 0.1) is 5.41 Å². The van der Waals surface area contributed by atoms with E-state index in [9.17, 15) is 0 Å². The summed E-state index contributed by atoms with van der Waals surface area (Å²) < 4.78 is 7.55. The van der Waals surface area contributed by atoms with Crippen LogP contribution in [0.15, 0.2) is 23.2 Å². The first-order valence-corrected chi connectivity index (χ1v) is 8.06. The van der Waals surface area contributed by atoms with E-state index >= 15 is 0 Å². The van der Waals surface area contributed by atoms with Crippen molar-refractivity contribution in [2.45, 2.75) is 26.4 Å². The molecule has 1 N–H and O–H groups in total. The monoisotopic (exact) mass is 346 g/mol. The molecule has 2 aromatic rings. The number of rotatable bonds is 3. The maximum absolute atomic E-state index is 7.32. The van der Waals surface area contributed by atoms with Crippen LogP contribution in [0.2, 0.25) is 5.02 Å². The average molecular weight is 347 g/mol. The van der Waals surface area contributed by atoms with E-state index in [0.29, 0.717) is 41.4 Å². The second kappa shape index (κ2) is 6.60. The Bertz CT molecular complexity index is 798. The number of aliphatic imine (C=N–C) groups is 1. The van der Waals surface area contributed by atoms with Crippen LogP contribution < -0.4 is 4.74 Å². The molecule has 1 aliphatic rings. The Labute approximate surface area is 145 Å². The van der Waals surface area contributed by atoms with Crippen LogP contribution in [0.3, 0.4) is 0 Å². The SMILES string of the molecule is CC(C)N(C)C(=NC=N)c1nc2n(n1)CCOc1cc(Cl)ccc1-2. The number of ether oxygens (including phenoxy) is 1. The highest BCUT2D eigenvalue weighted by atomic mass is 35.5. The highest BCUT2D eigenvalue weighted by Gasteiger charge is 2.24. The number of hydrogen-bond acceptors (Lipinski definition) is 4. The molecule has 1 aromatic carbocycles. The molecule has 7 nitrogen and oxygen atoms in total. The van der Waals surface area contributed by atoms with Crippen molar-refractivity contribution >= 4 is 23.8 Å². The predicted molar refractivity (Wildman–Crippen MR) is 94.2 cm³/mol. The predicted octanol–water partition coefficient (Wildman–Crippen LogP) is 2.68. The number of nitrogens with zero attached hydrogens (tertiary/aromatic N) is 5. The molecule has 1 aromatic heterocycles. The van der Waals surface area contributed by atoms with Crippen LogP contribution in [0.1, 0.15) is 19.7 Å². The number of halogens is 1. The molecule has 0 radical (unpaired) electrons. The van der Waals surface area contributed by atoms with Gasteiger partial charge in [-0.05, 0) is 32.0 Å². The van der Waals surface area contributed by atoms with Crippen molar-refractivity contribution in [1.82, 2.24) is 19.7 Å². The highest BCUT2D eigenvalue weighted by molar-refractivity contribution is 6.30. The van der Waals surface area contributed by atoms with E-state index in [1.807, 2.05) is 36.5 Å². The molecule has 0 saturated heterocycles. The third kappa shape index (κ3) is 2.99. The Morgan fingerprint density at radius 2 is 2.29 bits per heavy atom. The topological polar surface area (TPSA) is 79.4 Å². The number of nitrogens with one attached hydrogen (secondary N) is 1. The first-order chi connectivity index (χ1) is 11.5. The smallest absolute Gasteiger partial charge is 0.217 e. The summed E-state index contributed by atoms with van der Waals surface area (Å²) in [6.45, 7) is 5.16. The van der Waals surface area contributed by atoms with Gasteiger partial charge in [0, 0.05) is 18.1 Å². The number of fused-ring (bicyclic) bond motifs is 3. The van der Waals surface area contributed by atoms with Gasteiger partial charge in [0.05, 0.1) is 12.1 Å². The summed E-state index contributed by atoms with van der Waals surface area (Å²) in [6.07, 6.45) is 1.01. The summed E-state index contributed by atoms with van der Waals surface area (Å²) in [7, 11) is 1.91. The maximum Gasteiger partial charge on any atom is 0.217 e. The van der Waals surface area contributed by atoms with E-state index in [2.05, 4.69) is 15.1 Å². The summed E-state index contributed by atoms with van der Waals surface area (Å²) in [4.78, 5) is 10.7. The number of aromatic nitrogens is 3. The van der Waals surface area contributed by atoms with E-state index < -0.39 is 0 Å². The van der Waals surface area contributed by atoms with Crippen LogP contribution in [0.25, 0.3) is 11.4 Å². The molecule has 24 heavy (non-hydrogen) atoms. The lowest BCUT2D eigenvalue weighted by molar-refractivity contribution is 0.300. The zero-order chi connectivity index (χ0) is 17.3.